The van der Waals surface area contributed by atoms with Gasteiger partial charge in [0.05, 0.1) is 5.69 Å². The average molecular weight is 382 g/mol. The van der Waals surface area contributed by atoms with Crippen molar-refractivity contribution in [2.45, 2.75) is 13.3 Å². The molecular formula is C16H13Cl2N3O2S. The summed E-state index contributed by atoms with van der Waals surface area (Å²) in [4.78, 5) is 30.2. The maximum absolute atomic E-state index is 12.5. The second-order valence-corrected chi connectivity index (χ2v) is 7.23. The molecule has 5 nitrogen and oxygen atoms in total. The lowest BCUT2D eigenvalue weighted by molar-refractivity contribution is 0.0956. The Kier molecular flexibility index (Phi) is 4.62. The van der Waals surface area contributed by atoms with Gasteiger partial charge in [-0.1, -0.05) is 29.3 Å². The highest BCUT2D eigenvalue weighted by Gasteiger charge is 2.18. The Labute approximate surface area is 151 Å². The van der Waals surface area contributed by atoms with Gasteiger partial charge in [0, 0.05) is 34.5 Å². The number of carbonyl (C=O) groups is 1. The minimum atomic E-state index is -0.309. The number of carbonyl (C=O) groups excluding carboxylic acids is 1. The van der Waals surface area contributed by atoms with Gasteiger partial charge >= 0.3 is 0 Å². The lowest BCUT2D eigenvalue weighted by Gasteiger charge is -2.05. The summed E-state index contributed by atoms with van der Waals surface area (Å²) in [6.07, 6.45) is 0.411. The SMILES string of the molecule is CNC(=O)c1c(C)sc2nc(Cc3ccc(Cl)cc3Cl)cc(=O)n12. The maximum Gasteiger partial charge on any atom is 0.269 e. The molecule has 1 amide bonds. The number of hydrogen-bond donors (Lipinski definition) is 1. The van der Waals surface area contributed by atoms with Crippen molar-refractivity contribution in [1.82, 2.24) is 14.7 Å². The molecule has 2 aromatic heterocycles. The van der Waals surface area contributed by atoms with Crippen LogP contribution in [0.3, 0.4) is 0 Å². The summed E-state index contributed by atoms with van der Waals surface area (Å²) < 4.78 is 1.34. The Bertz CT molecular complexity index is 1010. The summed E-state index contributed by atoms with van der Waals surface area (Å²) in [7, 11) is 1.53. The summed E-state index contributed by atoms with van der Waals surface area (Å²) in [6, 6.07) is 6.64. The van der Waals surface area contributed by atoms with Crippen LogP contribution in [0.4, 0.5) is 0 Å². The summed E-state index contributed by atoms with van der Waals surface area (Å²) in [5, 5.41) is 3.62. The van der Waals surface area contributed by atoms with Gasteiger partial charge in [-0.25, -0.2) is 9.38 Å². The van der Waals surface area contributed by atoms with Gasteiger partial charge < -0.3 is 5.32 Å². The van der Waals surface area contributed by atoms with Crippen molar-refractivity contribution in [3.8, 4) is 0 Å². The molecule has 3 rings (SSSR count). The molecule has 0 aliphatic rings. The van der Waals surface area contributed by atoms with Crippen LogP contribution in [0.15, 0.2) is 29.1 Å². The number of halogens is 2. The van der Waals surface area contributed by atoms with Crippen molar-refractivity contribution < 1.29 is 4.79 Å². The van der Waals surface area contributed by atoms with Crippen LogP contribution in [0, 0.1) is 6.92 Å². The van der Waals surface area contributed by atoms with E-state index in [4.69, 9.17) is 23.2 Å². The van der Waals surface area contributed by atoms with Crippen molar-refractivity contribution in [3.05, 3.63) is 66.5 Å². The Hall–Kier alpha value is -1.89. The van der Waals surface area contributed by atoms with Crippen LogP contribution >= 0.6 is 34.5 Å². The molecule has 0 bridgehead atoms. The third kappa shape index (κ3) is 3.05. The van der Waals surface area contributed by atoms with Gasteiger partial charge in [0.15, 0.2) is 4.96 Å². The fraction of sp³-hybridized carbons (Fsp3) is 0.188. The van der Waals surface area contributed by atoms with Gasteiger partial charge in [-0.2, -0.15) is 0 Å². The minimum absolute atomic E-state index is 0.289. The van der Waals surface area contributed by atoms with Crippen LogP contribution in [-0.4, -0.2) is 22.3 Å². The van der Waals surface area contributed by atoms with Crippen LogP contribution in [-0.2, 0) is 6.42 Å². The Morgan fingerprint density at radius 2 is 2.08 bits per heavy atom. The summed E-state index contributed by atoms with van der Waals surface area (Å²) in [6.45, 7) is 1.79. The molecule has 124 valence electrons. The van der Waals surface area contributed by atoms with Crippen molar-refractivity contribution in [2.24, 2.45) is 0 Å². The predicted molar refractivity (Wildman–Crippen MR) is 96.7 cm³/mol. The van der Waals surface area contributed by atoms with Gasteiger partial charge in [0.25, 0.3) is 11.5 Å². The van der Waals surface area contributed by atoms with Crippen LogP contribution in [0.5, 0.6) is 0 Å². The molecule has 0 spiro atoms. The van der Waals surface area contributed by atoms with E-state index < -0.39 is 0 Å². The highest BCUT2D eigenvalue weighted by atomic mass is 35.5. The van der Waals surface area contributed by atoms with Crippen molar-refractivity contribution in [1.29, 1.82) is 0 Å². The highest BCUT2D eigenvalue weighted by Crippen LogP contribution is 2.24. The number of benzene rings is 1. The molecule has 0 saturated carbocycles. The number of aryl methyl sites for hydroxylation is 1. The molecule has 1 N–H and O–H groups in total. The number of rotatable bonds is 3. The van der Waals surface area contributed by atoms with Gasteiger partial charge in [-0.05, 0) is 24.6 Å². The molecule has 24 heavy (non-hydrogen) atoms. The number of fused-ring (bicyclic) bond motifs is 1. The molecule has 1 aromatic carbocycles. The van der Waals surface area contributed by atoms with Gasteiger partial charge in [0.1, 0.15) is 5.69 Å². The molecule has 3 aromatic rings. The van der Waals surface area contributed by atoms with E-state index in [9.17, 15) is 9.59 Å². The van der Waals surface area contributed by atoms with E-state index >= 15 is 0 Å². The molecule has 2 heterocycles. The van der Waals surface area contributed by atoms with E-state index in [2.05, 4.69) is 10.3 Å². The molecule has 8 heteroatoms. The fourth-order valence-corrected chi connectivity index (χ4v) is 3.92. The molecule has 0 saturated heterocycles. The third-order valence-electron chi connectivity index (χ3n) is 3.57. The van der Waals surface area contributed by atoms with Crippen LogP contribution in [0.2, 0.25) is 10.0 Å². The number of nitrogens with zero attached hydrogens (tertiary/aromatic N) is 2. The molecule has 0 aliphatic heterocycles. The zero-order valence-electron chi connectivity index (χ0n) is 12.9. The predicted octanol–water partition coefficient (Wildman–Crippen LogP) is 3.32. The van der Waals surface area contributed by atoms with E-state index in [1.165, 1.54) is 28.9 Å². The third-order valence-corrected chi connectivity index (χ3v) is 5.11. The first kappa shape index (κ1) is 17.0. The van der Waals surface area contributed by atoms with Gasteiger partial charge in [-0.3, -0.25) is 9.59 Å². The number of hydrogen-bond acceptors (Lipinski definition) is 4. The van der Waals surface area contributed by atoms with Gasteiger partial charge in [-0.15, -0.1) is 11.3 Å². The Morgan fingerprint density at radius 1 is 1.33 bits per heavy atom. The van der Waals surface area contributed by atoms with E-state index in [0.29, 0.717) is 32.8 Å². The Morgan fingerprint density at radius 3 is 2.75 bits per heavy atom. The molecular weight excluding hydrogens is 369 g/mol. The van der Waals surface area contributed by atoms with Gasteiger partial charge in [0.2, 0.25) is 0 Å². The van der Waals surface area contributed by atoms with E-state index in [1.807, 2.05) is 6.07 Å². The van der Waals surface area contributed by atoms with Crippen molar-refractivity contribution >= 4 is 45.4 Å². The standard InChI is InChI=1S/C16H13Cl2N3O2S/c1-8-14(15(23)19-2)21-13(22)7-11(20-16(21)24-8)5-9-3-4-10(17)6-12(9)18/h3-4,6-7H,5H2,1-2H3,(H,19,23). The number of nitrogens with one attached hydrogen (secondary N) is 1. The van der Waals surface area contributed by atoms with Crippen molar-refractivity contribution in [3.63, 3.8) is 0 Å². The lowest BCUT2D eigenvalue weighted by atomic mass is 10.1. The normalized spacial score (nSPS) is 11.0. The summed E-state index contributed by atoms with van der Waals surface area (Å²) in [5.41, 5.74) is 1.46. The molecule has 0 unspecified atom stereocenters. The smallest absolute Gasteiger partial charge is 0.269 e. The first-order chi connectivity index (χ1) is 11.4. The molecule has 0 atom stereocenters. The molecule has 0 radical (unpaired) electrons. The fourth-order valence-electron chi connectivity index (χ4n) is 2.45. The second-order valence-electron chi connectivity index (χ2n) is 5.20. The molecule has 0 fully saturated rings. The monoisotopic (exact) mass is 381 g/mol. The summed E-state index contributed by atoms with van der Waals surface area (Å²) >= 11 is 13.4. The number of amides is 1. The quantitative estimate of drug-likeness (QED) is 0.756. The number of thiazole rings is 1. The topological polar surface area (TPSA) is 63.5 Å². The lowest BCUT2D eigenvalue weighted by Crippen LogP contribution is -2.25. The van der Waals surface area contributed by atoms with Crippen LogP contribution < -0.4 is 10.9 Å². The Balaban J connectivity index is 2.09. The van der Waals surface area contributed by atoms with E-state index in [-0.39, 0.29) is 11.5 Å². The van der Waals surface area contributed by atoms with Crippen LogP contribution in [0.1, 0.15) is 26.6 Å². The largest absolute Gasteiger partial charge is 0.354 e. The zero-order chi connectivity index (χ0) is 17.4. The first-order valence-corrected chi connectivity index (χ1v) is 8.66. The number of aromatic nitrogens is 2. The highest BCUT2D eigenvalue weighted by molar-refractivity contribution is 7.17. The second kappa shape index (κ2) is 6.55. The van der Waals surface area contributed by atoms with E-state index in [0.717, 1.165) is 10.4 Å². The first-order valence-electron chi connectivity index (χ1n) is 7.08. The zero-order valence-corrected chi connectivity index (χ0v) is 15.2. The van der Waals surface area contributed by atoms with E-state index in [1.54, 1.807) is 19.1 Å². The van der Waals surface area contributed by atoms with Crippen LogP contribution in [0.25, 0.3) is 4.96 Å². The summed E-state index contributed by atoms with van der Waals surface area (Å²) in [5.74, 6) is -0.309. The average Bonchev–Trinajstić information content (AvgIpc) is 2.86. The minimum Gasteiger partial charge on any atom is -0.354 e. The molecule has 0 aliphatic carbocycles. The van der Waals surface area contributed by atoms with Crippen molar-refractivity contribution in [2.75, 3.05) is 7.05 Å². The maximum atomic E-state index is 12.5.